The molecule has 2 aromatic rings. The van der Waals surface area contributed by atoms with Gasteiger partial charge < -0.3 is 11.1 Å². The second-order valence-electron chi connectivity index (χ2n) is 4.66. The van der Waals surface area contributed by atoms with Crippen LogP contribution in [-0.4, -0.2) is 13.1 Å². The van der Waals surface area contributed by atoms with Gasteiger partial charge in [-0.3, -0.25) is 4.90 Å². The van der Waals surface area contributed by atoms with Crippen molar-refractivity contribution < 1.29 is 4.79 Å². The SMILES string of the molecule is Cc1ccc(NC(=O)N(C)c2ccc(Br)cc2N)cc1Cl. The molecule has 21 heavy (non-hydrogen) atoms. The van der Waals surface area contributed by atoms with Gasteiger partial charge in [-0.2, -0.15) is 0 Å². The Hall–Kier alpha value is -1.72. The quantitative estimate of drug-likeness (QED) is 0.757. The Morgan fingerprint density at radius 3 is 2.62 bits per heavy atom. The number of carbonyl (C=O) groups is 1. The van der Waals surface area contributed by atoms with Crippen molar-refractivity contribution in [3.63, 3.8) is 0 Å². The highest BCUT2D eigenvalue weighted by Gasteiger charge is 2.14. The monoisotopic (exact) mass is 367 g/mol. The molecule has 2 amide bonds. The highest BCUT2D eigenvalue weighted by molar-refractivity contribution is 9.10. The number of nitrogens with one attached hydrogen (secondary N) is 1. The summed E-state index contributed by atoms with van der Waals surface area (Å²) in [5.74, 6) is 0. The molecule has 110 valence electrons. The molecule has 2 rings (SSSR count). The maximum absolute atomic E-state index is 12.3. The average Bonchev–Trinajstić information content (AvgIpc) is 2.42. The molecule has 0 saturated heterocycles. The van der Waals surface area contributed by atoms with Gasteiger partial charge in [0.1, 0.15) is 0 Å². The highest BCUT2D eigenvalue weighted by Crippen LogP contribution is 2.27. The van der Waals surface area contributed by atoms with Crippen LogP contribution in [0.25, 0.3) is 0 Å². The number of nitrogens with two attached hydrogens (primary N) is 1. The standard InChI is InChI=1S/C15H15BrClN3O/c1-9-3-5-11(8-12(9)17)19-15(21)20(2)14-6-4-10(16)7-13(14)18/h3-8H,18H2,1-2H3,(H,19,21). The first-order chi connectivity index (χ1) is 9.88. The first kappa shape index (κ1) is 15.7. The van der Waals surface area contributed by atoms with Crippen molar-refractivity contribution in [1.29, 1.82) is 0 Å². The number of hydrogen-bond acceptors (Lipinski definition) is 2. The van der Waals surface area contributed by atoms with E-state index in [4.69, 9.17) is 17.3 Å². The number of hydrogen-bond donors (Lipinski definition) is 2. The molecule has 0 aliphatic carbocycles. The van der Waals surface area contributed by atoms with Gasteiger partial charge in [0.15, 0.2) is 0 Å². The van der Waals surface area contributed by atoms with E-state index in [0.29, 0.717) is 22.1 Å². The Labute approximate surface area is 137 Å². The minimum Gasteiger partial charge on any atom is -0.397 e. The smallest absolute Gasteiger partial charge is 0.326 e. The maximum Gasteiger partial charge on any atom is 0.326 e. The molecule has 0 saturated carbocycles. The molecule has 0 radical (unpaired) electrons. The number of amides is 2. The van der Waals surface area contributed by atoms with Gasteiger partial charge in [0, 0.05) is 22.2 Å². The minimum absolute atomic E-state index is 0.288. The number of rotatable bonds is 2. The number of urea groups is 1. The lowest BCUT2D eigenvalue weighted by Gasteiger charge is -2.20. The van der Waals surface area contributed by atoms with Crippen molar-refractivity contribution in [3.8, 4) is 0 Å². The van der Waals surface area contributed by atoms with E-state index in [1.807, 2.05) is 19.1 Å². The first-order valence-corrected chi connectivity index (χ1v) is 7.41. The zero-order valence-electron chi connectivity index (χ0n) is 11.7. The van der Waals surface area contributed by atoms with E-state index in [1.54, 1.807) is 31.3 Å². The first-order valence-electron chi connectivity index (χ1n) is 6.24. The molecule has 0 fully saturated rings. The van der Waals surface area contributed by atoms with Gasteiger partial charge in [-0.1, -0.05) is 33.6 Å². The number of aryl methyl sites for hydroxylation is 1. The van der Waals surface area contributed by atoms with Gasteiger partial charge in [-0.05, 0) is 42.8 Å². The van der Waals surface area contributed by atoms with Crippen molar-refractivity contribution >= 4 is 50.6 Å². The van der Waals surface area contributed by atoms with Crippen molar-refractivity contribution in [3.05, 3.63) is 51.5 Å². The summed E-state index contributed by atoms with van der Waals surface area (Å²) in [7, 11) is 1.66. The number of carbonyl (C=O) groups excluding carboxylic acids is 1. The number of nitrogens with zero attached hydrogens (tertiary/aromatic N) is 1. The molecule has 6 heteroatoms. The zero-order chi connectivity index (χ0) is 15.6. The third-order valence-electron chi connectivity index (χ3n) is 3.08. The summed E-state index contributed by atoms with van der Waals surface area (Å²) >= 11 is 9.38. The van der Waals surface area contributed by atoms with Crippen molar-refractivity contribution in [2.24, 2.45) is 0 Å². The molecule has 0 spiro atoms. The van der Waals surface area contributed by atoms with E-state index in [9.17, 15) is 4.79 Å². The lowest BCUT2D eigenvalue weighted by atomic mass is 10.2. The summed E-state index contributed by atoms with van der Waals surface area (Å²) in [5, 5.41) is 3.40. The normalized spacial score (nSPS) is 10.3. The fourth-order valence-corrected chi connectivity index (χ4v) is 2.38. The Bertz CT molecular complexity index is 691. The lowest BCUT2D eigenvalue weighted by Crippen LogP contribution is -2.31. The van der Waals surface area contributed by atoms with Crippen LogP contribution >= 0.6 is 27.5 Å². The molecule has 3 N–H and O–H groups in total. The Balaban J connectivity index is 2.17. The predicted molar refractivity (Wildman–Crippen MR) is 92.2 cm³/mol. The highest BCUT2D eigenvalue weighted by atomic mass is 79.9. The molecule has 0 aliphatic rings. The van der Waals surface area contributed by atoms with Crippen LogP contribution in [0.1, 0.15) is 5.56 Å². The van der Waals surface area contributed by atoms with Crippen molar-refractivity contribution in [1.82, 2.24) is 0 Å². The van der Waals surface area contributed by atoms with Crippen LogP contribution < -0.4 is 16.0 Å². The Morgan fingerprint density at radius 2 is 2.00 bits per heavy atom. The van der Waals surface area contributed by atoms with Crippen LogP contribution in [0.15, 0.2) is 40.9 Å². The van der Waals surface area contributed by atoms with Gasteiger partial charge in [0.25, 0.3) is 0 Å². The maximum atomic E-state index is 12.3. The van der Waals surface area contributed by atoms with Crippen molar-refractivity contribution in [2.75, 3.05) is 23.0 Å². The van der Waals surface area contributed by atoms with E-state index in [1.165, 1.54) is 4.90 Å². The van der Waals surface area contributed by atoms with Crippen LogP contribution in [0.4, 0.5) is 21.9 Å². The molecule has 0 atom stereocenters. The molecule has 0 unspecified atom stereocenters. The number of halogens is 2. The van der Waals surface area contributed by atoms with Gasteiger partial charge in [-0.25, -0.2) is 4.79 Å². The minimum atomic E-state index is -0.288. The van der Waals surface area contributed by atoms with E-state index in [-0.39, 0.29) is 6.03 Å². The van der Waals surface area contributed by atoms with Gasteiger partial charge in [-0.15, -0.1) is 0 Å². The topological polar surface area (TPSA) is 58.4 Å². The number of anilines is 3. The average molecular weight is 369 g/mol. The van der Waals surface area contributed by atoms with E-state index >= 15 is 0 Å². The van der Waals surface area contributed by atoms with Crippen LogP contribution in [0.3, 0.4) is 0 Å². The molecule has 4 nitrogen and oxygen atoms in total. The van der Waals surface area contributed by atoms with Crippen LogP contribution in [0.5, 0.6) is 0 Å². The van der Waals surface area contributed by atoms with Crippen LogP contribution in [-0.2, 0) is 0 Å². The fraction of sp³-hybridized carbons (Fsp3) is 0.133. The summed E-state index contributed by atoms with van der Waals surface area (Å²) < 4.78 is 0.864. The number of benzene rings is 2. The summed E-state index contributed by atoms with van der Waals surface area (Å²) in [6, 6.07) is 10.4. The van der Waals surface area contributed by atoms with Crippen LogP contribution in [0, 0.1) is 6.92 Å². The Morgan fingerprint density at radius 1 is 1.29 bits per heavy atom. The number of nitrogen functional groups attached to an aromatic ring is 1. The molecule has 0 bridgehead atoms. The molecule has 0 heterocycles. The Kier molecular flexibility index (Phi) is 4.75. The summed E-state index contributed by atoms with van der Waals surface area (Å²) in [5.41, 5.74) is 8.67. The summed E-state index contributed by atoms with van der Waals surface area (Å²) in [6.07, 6.45) is 0. The van der Waals surface area contributed by atoms with E-state index in [2.05, 4.69) is 21.2 Å². The van der Waals surface area contributed by atoms with Crippen molar-refractivity contribution in [2.45, 2.75) is 6.92 Å². The van der Waals surface area contributed by atoms with Gasteiger partial charge in [0.2, 0.25) is 0 Å². The molecular weight excluding hydrogens is 354 g/mol. The van der Waals surface area contributed by atoms with Gasteiger partial charge in [0.05, 0.1) is 11.4 Å². The molecular formula is C15H15BrClN3O. The molecule has 2 aromatic carbocycles. The van der Waals surface area contributed by atoms with Crippen LogP contribution in [0.2, 0.25) is 5.02 Å². The largest absolute Gasteiger partial charge is 0.397 e. The lowest BCUT2D eigenvalue weighted by molar-refractivity contribution is 0.258. The van der Waals surface area contributed by atoms with E-state index < -0.39 is 0 Å². The molecule has 0 aliphatic heterocycles. The fourth-order valence-electron chi connectivity index (χ4n) is 1.82. The third kappa shape index (κ3) is 3.68. The second kappa shape index (κ2) is 6.37. The predicted octanol–water partition coefficient (Wildman–Crippen LogP) is 4.66. The van der Waals surface area contributed by atoms with Gasteiger partial charge >= 0.3 is 6.03 Å². The molecule has 0 aromatic heterocycles. The third-order valence-corrected chi connectivity index (χ3v) is 3.98. The summed E-state index contributed by atoms with van der Waals surface area (Å²) in [6.45, 7) is 1.91. The second-order valence-corrected chi connectivity index (χ2v) is 5.98. The zero-order valence-corrected chi connectivity index (χ0v) is 14.0. The summed E-state index contributed by atoms with van der Waals surface area (Å²) in [4.78, 5) is 13.7. The van der Waals surface area contributed by atoms with E-state index in [0.717, 1.165) is 10.0 Å².